The molecule has 132 valence electrons. The summed E-state index contributed by atoms with van der Waals surface area (Å²) >= 11 is 1.83. The van der Waals surface area contributed by atoms with Crippen LogP contribution in [0.1, 0.15) is 44.3 Å². The van der Waals surface area contributed by atoms with Crippen LogP contribution in [-0.4, -0.2) is 17.4 Å². The van der Waals surface area contributed by atoms with Crippen LogP contribution in [0, 0.1) is 0 Å². The molecule has 0 aromatic heterocycles. The standard InChI is InChI=1S/C23H17NO2S/c25-22-17-6-2-1-5-15(17)16-10-9-14(13-19(16)22)23(26)24-20-11-12-27-21-8-4-3-7-18(20)21/h1-10,13,20H,11-12H2,(H,24,26). The molecule has 4 heteroatoms. The Kier molecular flexibility index (Phi) is 3.87. The second kappa shape index (κ2) is 6.39. The molecule has 1 aliphatic carbocycles. The molecule has 1 atom stereocenters. The lowest BCUT2D eigenvalue weighted by molar-refractivity contribution is 0.0935. The molecular weight excluding hydrogens is 354 g/mol. The molecule has 3 aromatic rings. The van der Waals surface area contributed by atoms with Crippen LogP contribution in [0.3, 0.4) is 0 Å². The maximum Gasteiger partial charge on any atom is 0.251 e. The van der Waals surface area contributed by atoms with Gasteiger partial charge in [-0.05, 0) is 41.3 Å². The SMILES string of the molecule is O=C(NC1CCSc2ccccc21)c1ccc2c(c1)C(=O)c1ccccc1-2. The number of carbonyl (C=O) groups excluding carboxylic acids is 2. The normalized spacial score (nSPS) is 17.0. The summed E-state index contributed by atoms with van der Waals surface area (Å²) in [7, 11) is 0. The fourth-order valence-corrected chi connectivity index (χ4v) is 5.03. The van der Waals surface area contributed by atoms with Crippen LogP contribution in [0.15, 0.2) is 71.6 Å². The van der Waals surface area contributed by atoms with Crippen molar-refractivity contribution in [1.29, 1.82) is 0 Å². The fourth-order valence-electron chi connectivity index (χ4n) is 3.90. The van der Waals surface area contributed by atoms with Crippen molar-refractivity contribution in [2.24, 2.45) is 0 Å². The summed E-state index contributed by atoms with van der Waals surface area (Å²) in [5, 5.41) is 3.15. The fraction of sp³-hybridized carbons (Fsp3) is 0.130. The van der Waals surface area contributed by atoms with Crippen molar-refractivity contribution in [3.05, 3.63) is 89.0 Å². The van der Waals surface area contributed by atoms with E-state index in [2.05, 4.69) is 17.4 Å². The minimum Gasteiger partial charge on any atom is -0.345 e. The number of nitrogens with one attached hydrogen (secondary N) is 1. The quantitative estimate of drug-likeness (QED) is 0.547. The Balaban J connectivity index is 1.44. The molecule has 1 unspecified atom stereocenters. The van der Waals surface area contributed by atoms with E-state index in [1.54, 1.807) is 6.07 Å². The van der Waals surface area contributed by atoms with Crippen molar-refractivity contribution in [3.63, 3.8) is 0 Å². The van der Waals surface area contributed by atoms with Gasteiger partial charge in [0.1, 0.15) is 0 Å². The summed E-state index contributed by atoms with van der Waals surface area (Å²) in [5.74, 6) is 0.850. The first kappa shape index (κ1) is 16.3. The topological polar surface area (TPSA) is 46.2 Å². The van der Waals surface area contributed by atoms with Crippen LogP contribution in [0.4, 0.5) is 0 Å². The molecule has 0 spiro atoms. The smallest absolute Gasteiger partial charge is 0.251 e. The largest absolute Gasteiger partial charge is 0.345 e. The number of rotatable bonds is 2. The predicted octanol–water partition coefficient (Wildman–Crippen LogP) is 4.86. The third kappa shape index (κ3) is 2.68. The Morgan fingerprint density at radius 1 is 0.889 bits per heavy atom. The molecule has 3 nitrogen and oxygen atoms in total. The van der Waals surface area contributed by atoms with Crippen molar-refractivity contribution in [2.45, 2.75) is 17.4 Å². The highest BCUT2D eigenvalue weighted by atomic mass is 32.2. The molecule has 0 radical (unpaired) electrons. The second-order valence-corrected chi connectivity index (χ2v) is 7.97. The van der Waals surface area contributed by atoms with Crippen LogP contribution in [0.5, 0.6) is 0 Å². The van der Waals surface area contributed by atoms with E-state index in [-0.39, 0.29) is 17.7 Å². The zero-order chi connectivity index (χ0) is 18.4. The van der Waals surface area contributed by atoms with Crippen molar-refractivity contribution in [3.8, 4) is 11.1 Å². The van der Waals surface area contributed by atoms with Crippen molar-refractivity contribution >= 4 is 23.5 Å². The van der Waals surface area contributed by atoms with E-state index in [9.17, 15) is 9.59 Å². The predicted molar refractivity (Wildman–Crippen MR) is 107 cm³/mol. The molecule has 0 bridgehead atoms. The Morgan fingerprint density at radius 3 is 2.52 bits per heavy atom. The van der Waals surface area contributed by atoms with E-state index < -0.39 is 0 Å². The molecule has 1 aliphatic heterocycles. The molecule has 1 heterocycles. The maximum atomic E-state index is 12.9. The zero-order valence-corrected chi connectivity index (χ0v) is 15.4. The summed E-state index contributed by atoms with van der Waals surface area (Å²) in [6.45, 7) is 0. The average molecular weight is 371 g/mol. The number of amides is 1. The van der Waals surface area contributed by atoms with Gasteiger partial charge in [-0.25, -0.2) is 0 Å². The summed E-state index contributed by atoms with van der Waals surface area (Å²) in [5.41, 5.74) is 4.89. The number of ketones is 1. The molecular formula is C23H17NO2S. The molecule has 0 fully saturated rings. The Bertz CT molecular complexity index is 1090. The van der Waals surface area contributed by atoms with E-state index in [1.807, 2.05) is 60.3 Å². The van der Waals surface area contributed by atoms with Crippen LogP contribution >= 0.6 is 11.8 Å². The lowest BCUT2D eigenvalue weighted by Gasteiger charge is -2.26. The second-order valence-electron chi connectivity index (χ2n) is 6.84. The van der Waals surface area contributed by atoms with E-state index in [0.717, 1.165) is 23.3 Å². The molecule has 0 saturated carbocycles. The van der Waals surface area contributed by atoms with Gasteiger partial charge < -0.3 is 5.32 Å². The molecule has 5 rings (SSSR count). The first-order valence-corrected chi connectivity index (χ1v) is 10.0. The number of fused-ring (bicyclic) bond motifs is 4. The van der Waals surface area contributed by atoms with E-state index in [0.29, 0.717) is 16.7 Å². The summed E-state index contributed by atoms with van der Waals surface area (Å²) in [6, 6.07) is 21.3. The lowest BCUT2D eigenvalue weighted by atomic mass is 10.0. The first-order valence-electron chi connectivity index (χ1n) is 9.03. The highest BCUT2D eigenvalue weighted by Gasteiger charge is 2.28. The number of carbonyl (C=O) groups is 2. The number of benzene rings is 3. The Labute approximate surface area is 161 Å². The van der Waals surface area contributed by atoms with Gasteiger partial charge in [-0.15, -0.1) is 11.8 Å². The van der Waals surface area contributed by atoms with Crippen LogP contribution < -0.4 is 5.32 Å². The lowest BCUT2D eigenvalue weighted by Crippen LogP contribution is -2.30. The van der Waals surface area contributed by atoms with Gasteiger partial charge in [-0.1, -0.05) is 48.5 Å². The van der Waals surface area contributed by atoms with Gasteiger partial charge in [-0.3, -0.25) is 9.59 Å². The summed E-state index contributed by atoms with van der Waals surface area (Å²) < 4.78 is 0. The Morgan fingerprint density at radius 2 is 1.63 bits per heavy atom. The van der Waals surface area contributed by atoms with Crippen LogP contribution in [0.25, 0.3) is 11.1 Å². The van der Waals surface area contributed by atoms with Gasteiger partial charge in [0, 0.05) is 27.3 Å². The minimum atomic E-state index is -0.131. The van der Waals surface area contributed by atoms with Gasteiger partial charge >= 0.3 is 0 Å². The summed E-state index contributed by atoms with van der Waals surface area (Å²) in [6.07, 6.45) is 0.905. The third-order valence-corrected chi connectivity index (χ3v) is 6.37. The molecule has 0 saturated heterocycles. The van der Waals surface area contributed by atoms with Crippen LogP contribution in [0.2, 0.25) is 0 Å². The highest BCUT2D eigenvalue weighted by Crippen LogP contribution is 2.38. The minimum absolute atomic E-state index is 0.00494. The van der Waals surface area contributed by atoms with Gasteiger partial charge in [0.15, 0.2) is 5.78 Å². The van der Waals surface area contributed by atoms with E-state index in [4.69, 9.17) is 0 Å². The molecule has 3 aromatic carbocycles. The number of hydrogen-bond acceptors (Lipinski definition) is 3. The number of hydrogen-bond donors (Lipinski definition) is 1. The monoisotopic (exact) mass is 371 g/mol. The first-order chi connectivity index (χ1) is 13.2. The average Bonchev–Trinajstić information content (AvgIpc) is 3.00. The van der Waals surface area contributed by atoms with Gasteiger partial charge in [0.05, 0.1) is 6.04 Å². The van der Waals surface area contributed by atoms with Crippen molar-refractivity contribution < 1.29 is 9.59 Å². The molecule has 2 aliphatic rings. The van der Waals surface area contributed by atoms with Crippen LogP contribution in [-0.2, 0) is 0 Å². The zero-order valence-electron chi connectivity index (χ0n) is 14.6. The van der Waals surface area contributed by atoms with Gasteiger partial charge in [-0.2, -0.15) is 0 Å². The molecule has 1 amide bonds. The maximum absolute atomic E-state index is 12.9. The molecule has 27 heavy (non-hydrogen) atoms. The van der Waals surface area contributed by atoms with Gasteiger partial charge in [0.2, 0.25) is 0 Å². The third-order valence-electron chi connectivity index (χ3n) is 5.25. The highest BCUT2D eigenvalue weighted by molar-refractivity contribution is 7.99. The molecule has 1 N–H and O–H groups in total. The Hall–Kier alpha value is -2.85. The van der Waals surface area contributed by atoms with Gasteiger partial charge in [0.25, 0.3) is 5.91 Å². The number of thioether (sulfide) groups is 1. The van der Waals surface area contributed by atoms with Crippen molar-refractivity contribution in [2.75, 3.05) is 5.75 Å². The van der Waals surface area contributed by atoms with E-state index >= 15 is 0 Å². The van der Waals surface area contributed by atoms with E-state index in [1.165, 1.54) is 10.5 Å². The summed E-state index contributed by atoms with van der Waals surface area (Å²) in [4.78, 5) is 26.8. The van der Waals surface area contributed by atoms with Crippen molar-refractivity contribution in [1.82, 2.24) is 5.32 Å².